The van der Waals surface area contributed by atoms with Crippen LogP contribution in [0.5, 0.6) is 0 Å². The standard InChI is InChI=1S/C15H21F3N6.HI/c1-2-19-13(23-11-5-3-4-6-11)21-9-10-22-14-20-8-7-12(24-14)15(16,17)18;/h3-4,7-8,11H,2,5-6,9-10H2,1H3,(H2,19,21,23)(H,20,22,24);1H. The van der Waals surface area contributed by atoms with Crippen LogP contribution in [0.3, 0.4) is 0 Å². The quantitative estimate of drug-likeness (QED) is 0.196. The molecular weight excluding hydrogens is 448 g/mol. The van der Waals surface area contributed by atoms with Gasteiger partial charge in [-0.3, -0.25) is 4.99 Å². The third-order valence-electron chi connectivity index (χ3n) is 3.30. The number of hydrogen-bond acceptors (Lipinski definition) is 4. The molecule has 0 spiro atoms. The van der Waals surface area contributed by atoms with Crippen molar-refractivity contribution in [3.63, 3.8) is 0 Å². The van der Waals surface area contributed by atoms with Crippen LogP contribution in [0.4, 0.5) is 19.1 Å². The van der Waals surface area contributed by atoms with Crippen LogP contribution < -0.4 is 16.0 Å². The monoisotopic (exact) mass is 470 g/mol. The molecule has 0 saturated heterocycles. The number of aromatic nitrogens is 2. The van der Waals surface area contributed by atoms with Crippen molar-refractivity contribution >= 4 is 35.9 Å². The number of alkyl halides is 3. The summed E-state index contributed by atoms with van der Waals surface area (Å²) in [6.07, 6.45) is 2.76. The van der Waals surface area contributed by atoms with Gasteiger partial charge in [-0.05, 0) is 25.8 Å². The molecule has 1 heterocycles. The molecule has 0 radical (unpaired) electrons. The van der Waals surface area contributed by atoms with E-state index in [-0.39, 0.29) is 29.9 Å². The van der Waals surface area contributed by atoms with E-state index < -0.39 is 11.9 Å². The van der Waals surface area contributed by atoms with Crippen LogP contribution >= 0.6 is 24.0 Å². The van der Waals surface area contributed by atoms with Crippen LogP contribution in [0.25, 0.3) is 0 Å². The van der Waals surface area contributed by atoms with Gasteiger partial charge in [-0.2, -0.15) is 13.2 Å². The topological polar surface area (TPSA) is 74.2 Å². The maximum absolute atomic E-state index is 12.6. The van der Waals surface area contributed by atoms with E-state index in [1.165, 1.54) is 0 Å². The zero-order chi connectivity index (χ0) is 17.4. The van der Waals surface area contributed by atoms with Crippen LogP contribution in [-0.4, -0.2) is 41.6 Å². The highest BCUT2D eigenvalue weighted by Gasteiger charge is 2.32. The maximum Gasteiger partial charge on any atom is 0.433 e. The van der Waals surface area contributed by atoms with Crippen molar-refractivity contribution in [2.45, 2.75) is 32.0 Å². The van der Waals surface area contributed by atoms with E-state index in [2.05, 4.69) is 43.1 Å². The first-order valence-electron chi connectivity index (χ1n) is 7.83. The van der Waals surface area contributed by atoms with E-state index in [9.17, 15) is 13.2 Å². The number of halogens is 4. The Balaban J connectivity index is 0.00000312. The number of rotatable bonds is 6. The van der Waals surface area contributed by atoms with E-state index in [0.29, 0.717) is 25.1 Å². The number of nitrogens with zero attached hydrogens (tertiary/aromatic N) is 3. The summed E-state index contributed by atoms with van der Waals surface area (Å²) in [6, 6.07) is 1.18. The molecule has 10 heteroatoms. The Morgan fingerprint density at radius 3 is 2.68 bits per heavy atom. The van der Waals surface area contributed by atoms with Gasteiger partial charge in [-0.1, -0.05) is 12.2 Å². The van der Waals surface area contributed by atoms with Gasteiger partial charge in [-0.25, -0.2) is 9.97 Å². The first-order chi connectivity index (χ1) is 11.5. The second kappa shape index (κ2) is 10.4. The van der Waals surface area contributed by atoms with Gasteiger partial charge in [0.05, 0.1) is 6.54 Å². The molecule has 0 aliphatic heterocycles. The molecule has 0 atom stereocenters. The number of hydrogen-bond donors (Lipinski definition) is 3. The van der Waals surface area contributed by atoms with Gasteiger partial charge in [0.25, 0.3) is 0 Å². The molecule has 0 amide bonds. The fourth-order valence-electron chi connectivity index (χ4n) is 2.19. The van der Waals surface area contributed by atoms with Gasteiger partial charge in [-0.15, -0.1) is 24.0 Å². The van der Waals surface area contributed by atoms with E-state index in [4.69, 9.17) is 0 Å². The third-order valence-corrected chi connectivity index (χ3v) is 3.30. The fraction of sp³-hybridized carbons (Fsp3) is 0.533. The lowest BCUT2D eigenvalue weighted by Crippen LogP contribution is -2.42. The molecule has 0 fully saturated rings. The van der Waals surface area contributed by atoms with Gasteiger partial charge >= 0.3 is 6.18 Å². The lowest BCUT2D eigenvalue weighted by molar-refractivity contribution is -0.141. The van der Waals surface area contributed by atoms with Crippen LogP contribution in [-0.2, 0) is 6.18 Å². The molecule has 140 valence electrons. The van der Waals surface area contributed by atoms with E-state index >= 15 is 0 Å². The number of anilines is 1. The summed E-state index contributed by atoms with van der Waals surface area (Å²) in [5, 5.41) is 9.20. The zero-order valence-electron chi connectivity index (χ0n) is 13.8. The highest BCUT2D eigenvalue weighted by Crippen LogP contribution is 2.27. The minimum atomic E-state index is -4.48. The Hall–Kier alpha value is -1.59. The molecular formula is C15H22F3IN6. The van der Waals surface area contributed by atoms with Crippen molar-refractivity contribution in [3.8, 4) is 0 Å². The van der Waals surface area contributed by atoms with Crippen molar-refractivity contribution in [1.82, 2.24) is 20.6 Å². The molecule has 0 bridgehead atoms. The minimum Gasteiger partial charge on any atom is -0.357 e. The van der Waals surface area contributed by atoms with Crippen LogP contribution in [0, 0.1) is 0 Å². The van der Waals surface area contributed by atoms with Crippen molar-refractivity contribution in [3.05, 3.63) is 30.1 Å². The summed E-state index contributed by atoms with van der Waals surface area (Å²) in [6.45, 7) is 3.42. The van der Waals surface area contributed by atoms with E-state index in [1.807, 2.05) is 6.92 Å². The second-order valence-electron chi connectivity index (χ2n) is 5.23. The molecule has 1 aromatic heterocycles. The van der Waals surface area contributed by atoms with Gasteiger partial charge < -0.3 is 16.0 Å². The molecule has 0 aromatic carbocycles. The molecule has 1 aromatic rings. The molecule has 3 N–H and O–H groups in total. The van der Waals surface area contributed by atoms with Crippen molar-refractivity contribution in [1.29, 1.82) is 0 Å². The number of guanidine groups is 1. The second-order valence-corrected chi connectivity index (χ2v) is 5.23. The van der Waals surface area contributed by atoms with E-state index in [1.54, 1.807) is 0 Å². The Bertz CT molecular complexity index is 583. The predicted octanol–water partition coefficient (Wildman–Crippen LogP) is 2.80. The third kappa shape index (κ3) is 7.45. The molecule has 0 saturated carbocycles. The number of nitrogens with one attached hydrogen (secondary N) is 3. The van der Waals surface area contributed by atoms with Gasteiger partial charge in [0.15, 0.2) is 5.96 Å². The molecule has 1 aliphatic carbocycles. The molecule has 2 rings (SSSR count). The Kier molecular flexibility index (Phi) is 8.93. The minimum absolute atomic E-state index is 0. The molecule has 1 aliphatic rings. The summed E-state index contributed by atoms with van der Waals surface area (Å²) in [5.74, 6) is 0.635. The normalized spacial score (nSPS) is 15.0. The lowest BCUT2D eigenvalue weighted by Gasteiger charge is -2.16. The van der Waals surface area contributed by atoms with Gasteiger partial charge in [0, 0.05) is 25.3 Å². The molecule has 0 unspecified atom stereocenters. The summed E-state index contributed by atoms with van der Waals surface area (Å²) in [5.41, 5.74) is -0.966. The highest BCUT2D eigenvalue weighted by molar-refractivity contribution is 14.0. The van der Waals surface area contributed by atoms with E-state index in [0.717, 1.165) is 31.6 Å². The summed E-state index contributed by atoms with van der Waals surface area (Å²) < 4.78 is 37.7. The zero-order valence-corrected chi connectivity index (χ0v) is 16.1. The molecule has 25 heavy (non-hydrogen) atoms. The first kappa shape index (κ1) is 21.5. The van der Waals surface area contributed by atoms with Crippen molar-refractivity contribution in [2.75, 3.05) is 25.0 Å². The first-order valence-corrected chi connectivity index (χ1v) is 7.83. The highest BCUT2D eigenvalue weighted by atomic mass is 127. The van der Waals surface area contributed by atoms with Crippen LogP contribution in [0.2, 0.25) is 0 Å². The number of aliphatic imine (C=N–C) groups is 1. The Labute approximate surface area is 161 Å². The summed E-state index contributed by atoms with van der Waals surface area (Å²) in [7, 11) is 0. The van der Waals surface area contributed by atoms with Crippen molar-refractivity contribution in [2.24, 2.45) is 4.99 Å². The lowest BCUT2D eigenvalue weighted by atomic mass is 10.2. The Morgan fingerprint density at radius 2 is 2.04 bits per heavy atom. The fourth-order valence-corrected chi connectivity index (χ4v) is 2.19. The maximum atomic E-state index is 12.6. The molecule has 6 nitrogen and oxygen atoms in total. The largest absolute Gasteiger partial charge is 0.433 e. The summed E-state index contributed by atoms with van der Waals surface area (Å²) >= 11 is 0. The van der Waals surface area contributed by atoms with Crippen LogP contribution in [0.15, 0.2) is 29.4 Å². The van der Waals surface area contributed by atoms with Crippen LogP contribution in [0.1, 0.15) is 25.5 Å². The van der Waals surface area contributed by atoms with Gasteiger partial charge in [0.2, 0.25) is 5.95 Å². The average Bonchev–Trinajstić information content (AvgIpc) is 3.04. The average molecular weight is 470 g/mol. The Morgan fingerprint density at radius 1 is 1.32 bits per heavy atom. The predicted molar refractivity (Wildman–Crippen MR) is 102 cm³/mol. The van der Waals surface area contributed by atoms with Gasteiger partial charge in [0.1, 0.15) is 5.69 Å². The summed E-state index contributed by atoms with van der Waals surface area (Å²) in [4.78, 5) is 11.6. The smallest absolute Gasteiger partial charge is 0.357 e. The van der Waals surface area contributed by atoms with Crippen molar-refractivity contribution < 1.29 is 13.2 Å². The SMILES string of the molecule is CCNC(=NCCNc1nccc(C(F)(F)F)n1)NC1CC=CC1.I.